The highest BCUT2D eigenvalue weighted by Crippen LogP contribution is 2.12. The van der Waals surface area contributed by atoms with Crippen LogP contribution in [-0.4, -0.2) is 6.04 Å². The van der Waals surface area contributed by atoms with Crippen molar-refractivity contribution in [3.63, 3.8) is 0 Å². The molecule has 1 heteroatoms. The van der Waals surface area contributed by atoms with Crippen molar-refractivity contribution < 1.29 is 0 Å². The van der Waals surface area contributed by atoms with Crippen LogP contribution in [0.25, 0.3) is 0 Å². The van der Waals surface area contributed by atoms with Crippen LogP contribution in [0.3, 0.4) is 0 Å². The topological polar surface area (TPSA) is 12.0 Å². The first kappa shape index (κ1) is 10.1. The van der Waals surface area contributed by atoms with Gasteiger partial charge in [-0.1, -0.05) is 31.5 Å². The molecule has 1 rings (SSSR count). The van der Waals surface area contributed by atoms with Crippen LogP contribution in [0, 0.1) is 12.8 Å². The Morgan fingerprint density at radius 1 is 1.00 bits per heavy atom. The van der Waals surface area contributed by atoms with Crippen molar-refractivity contribution in [3.8, 4) is 0 Å². The van der Waals surface area contributed by atoms with Gasteiger partial charge in [0.1, 0.15) is 0 Å². The molecule has 0 saturated heterocycles. The molecule has 0 unspecified atom stereocenters. The van der Waals surface area contributed by atoms with Gasteiger partial charge >= 0.3 is 0 Å². The van der Waals surface area contributed by atoms with Crippen molar-refractivity contribution in [1.82, 2.24) is 0 Å². The fourth-order valence-corrected chi connectivity index (χ4v) is 1.08. The Kier molecular flexibility index (Phi) is 3.35. The van der Waals surface area contributed by atoms with Gasteiger partial charge in [-0.25, -0.2) is 0 Å². The third-order valence-corrected chi connectivity index (χ3v) is 2.45. The molecule has 1 aromatic carbocycles. The van der Waals surface area contributed by atoms with Crippen LogP contribution in [0.2, 0.25) is 0 Å². The normalized spacial score (nSPS) is 13.0. The molecule has 1 atom stereocenters. The lowest BCUT2D eigenvalue weighted by atomic mass is 10.1. The first-order valence-corrected chi connectivity index (χ1v) is 4.93. The molecule has 1 nitrogen and oxygen atoms in total. The van der Waals surface area contributed by atoms with E-state index in [9.17, 15) is 0 Å². The molecule has 1 aromatic rings. The van der Waals surface area contributed by atoms with Crippen molar-refractivity contribution in [2.45, 2.75) is 33.7 Å². The summed E-state index contributed by atoms with van der Waals surface area (Å²) in [4.78, 5) is 0. The fourth-order valence-electron chi connectivity index (χ4n) is 1.08. The predicted molar refractivity (Wildman–Crippen MR) is 59.1 cm³/mol. The van der Waals surface area contributed by atoms with E-state index in [1.165, 1.54) is 11.3 Å². The minimum absolute atomic E-state index is 0.530. The summed E-state index contributed by atoms with van der Waals surface area (Å²) >= 11 is 0. The third-order valence-electron chi connectivity index (χ3n) is 2.45. The van der Waals surface area contributed by atoms with Crippen LogP contribution in [0.1, 0.15) is 26.3 Å². The van der Waals surface area contributed by atoms with Crippen molar-refractivity contribution in [1.29, 1.82) is 0 Å². The summed E-state index contributed by atoms with van der Waals surface area (Å²) in [5.41, 5.74) is 2.52. The summed E-state index contributed by atoms with van der Waals surface area (Å²) in [6.45, 7) is 8.78. The Bertz CT molecular complexity index is 248. The summed E-state index contributed by atoms with van der Waals surface area (Å²) in [6.07, 6.45) is 0. The van der Waals surface area contributed by atoms with E-state index in [1.54, 1.807) is 0 Å². The van der Waals surface area contributed by atoms with Gasteiger partial charge in [-0.2, -0.15) is 0 Å². The molecule has 0 amide bonds. The van der Waals surface area contributed by atoms with Gasteiger partial charge in [-0.05, 0) is 31.9 Å². The molecule has 0 radical (unpaired) electrons. The van der Waals surface area contributed by atoms with Crippen molar-refractivity contribution in [2.24, 2.45) is 5.92 Å². The van der Waals surface area contributed by atoms with Gasteiger partial charge in [-0.3, -0.25) is 0 Å². The van der Waals surface area contributed by atoms with Crippen LogP contribution >= 0.6 is 0 Å². The second kappa shape index (κ2) is 4.31. The van der Waals surface area contributed by atoms with E-state index in [1.807, 2.05) is 0 Å². The zero-order chi connectivity index (χ0) is 9.84. The van der Waals surface area contributed by atoms with Gasteiger partial charge < -0.3 is 5.32 Å². The highest BCUT2D eigenvalue weighted by atomic mass is 14.9. The van der Waals surface area contributed by atoms with Crippen LogP contribution in [0.15, 0.2) is 24.3 Å². The Morgan fingerprint density at radius 2 is 1.54 bits per heavy atom. The average Bonchev–Trinajstić information content (AvgIpc) is 2.08. The molecule has 0 aliphatic rings. The monoisotopic (exact) mass is 177 g/mol. The minimum atomic E-state index is 0.530. The highest BCUT2D eigenvalue weighted by molar-refractivity contribution is 5.45. The number of anilines is 1. The van der Waals surface area contributed by atoms with Gasteiger partial charge in [0, 0.05) is 11.7 Å². The van der Waals surface area contributed by atoms with E-state index >= 15 is 0 Å². The van der Waals surface area contributed by atoms with E-state index in [0.717, 1.165) is 0 Å². The van der Waals surface area contributed by atoms with E-state index in [-0.39, 0.29) is 0 Å². The molecular weight excluding hydrogens is 158 g/mol. The molecule has 0 aliphatic heterocycles. The number of rotatable bonds is 3. The SMILES string of the molecule is Cc1ccc(N[C@@H](C)C(C)C)cc1. The van der Waals surface area contributed by atoms with Gasteiger partial charge in [0.05, 0.1) is 0 Å². The molecule has 0 fully saturated rings. The zero-order valence-electron chi connectivity index (χ0n) is 8.96. The Labute approximate surface area is 81.2 Å². The first-order chi connectivity index (χ1) is 6.09. The maximum Gasteiger partial charge on any atom is 0.0342 e. The number of hydrogen-bond donors (Lipinski definition) is 1. The van der Waals surface area contributed by atoms with Crippen LogP contribution < -0.4 is 5.32 Å². The van der Waals surface area contributed by atoms with Gasteiger partial charge in [0.25, 0.3) is 0 Å². The predicted octanol–water partition coefficient (Wildman–Crippen LogP) is 3.45. The molecule has 0 heterocycles. The first-order valence-electron chi connectivity index (χ1n) is 4.93. The molecule has 13 heavy (non-hydrogen) atoms. The standard InChI is InChI=1S/C12H19N/c1-9(2)11(4)13-12-7-5-10(3)6-8-12/h5-9,11,13H,1-4H3/t11-/m0/s1. The Morgan fingerprint density at radius 3 is 2.00 bits per heavy atom. The quantitative estimate of drug-likeness (QED) is 0.745. The van der Waals surface area contributed by atoms with Gasteiger partial charge in [-0.15, -0.1) is 0 Å². The lowest BCUT2D eigenvalue weighted by molar-refractivity contribution is 0.560. The van der Waals surface area contributed by atoms with Crippen molar-refractivity contribution in [2.75, 3.05) is 5.32 Å². The number of hydrogen-bond acceptors (Lipinski definition) is 1. The summed E-state index contributed by atoms with van der Waals surface area (Å²) in [6, 6.07) is 9.07. The van der Waals surface area contributed by atoms with Crippen LogP contribution in [-0.2, 0) is 0 Å². The largest absolute Gasteiger partial charge is 0.382 e. The lowest BCUT2D eigenvalue weighted by Gasteiger charge is -2.18. The van der Waals surface area contributed by atoms with Gasteiger partial charge in [0.2, 0.25) is 0 Å². The highest BCUT2D eigenvalue weighted by Gasteiger charge is 2.05. The number of nitrogens with one attached hydrogen (secondary N) is 1. The molecule has 0 spiro atoms. The Hall–Kier alpha value is -0.980. The number of aryl methyl sites for hydroxylation is 1. The zero-order valence-corrected chi connectivity index (χ0v) is 8.96. The molecule has 1 N–H and O–H groups in total. The maximum atomic E-state index is 3.47. The molecule has 0 bridgehead atoms. The van der Waals surface area contributed by atoms with Crippen molar-refractivity contribution in [3.05, 3.63) is 29.8 Å². The van der Waals surface area contributed by atoms with E-state index in [2.05, 4.69) is 57.3 Å². The molecule has 72 valence electrons. The fraction of sp³-hybridized carbons (Fsp3) is 0.500. The smallest absolute Gasteiger partial charge is 0.0342 e. The minimum Gasteiger partial charge on any atom is -0.382 e. The summed E-state index contributed by atoms with van der Waals surface area (Å²) in [5.74, 6) is 0.668. The van der Waals surface area contributed by atoms with Crippen LogP contribution in [0.4, 0.5) is 5.69 Å². The maximum absolute atomic E-state index is 3.47. The average molecular weight is 177 g/mol. The lowest BCUT2D eigenvalue weighted by Crippen LogP contribution is -2.21. The van der Waals surface area contributed by atoms with E-state index in [0.29, 0.717) is 12.0 Å². The molecular formula is C12H19N. The summed E-state index contributed by atoms with van der Waals surface area (Å²) in [7, 11) is 0. The Balaban J connectivity index is 2.59. The summed E-state index contributed by atoms with van der Waals surface area (Å²) < 4.78 is 0. The molecule has 0 aliphatic carbocycles. The second-order valence-corrected chi connectivity index (χ2v) is 4.04. The van der Waals surface area contributed by atoms with E-state index < -0.39 is 0 Å². The third kappa shape index (κ3) is 3.10. The van der Waals surface area contributed by atoms with Gasteiger partial charge in [0.15, 0.2) is 0 Å². The molecule has 0 saturated carbocycles. The number of benzene rings is 1. The van der Waals surface area contributed by atoms with E-state index in [4.69, 9.17) is 0 Å². The van der Waals surface area contributed by atoms with Crippen molar-refractivity contribution >= 4 is 5.69 Å². The summed E-state index contributed by atoms with van der Waals surface area (Å²) in [5, 5.41) is 3.47. The van der Waals surface area contributed by atoms with Crippen LogP contribution in [0.5, 0.6) is 0 Å². The second-order valence-electron chi connectivity index (χ2n) is 4.04. The molecule has 0 aromatic heterocycles.